The highest BCUT2D eigenvalue weighted by molar-refractivity contribution is 5.96. The third-order valence-electron chi connectivity index (χ3n) is 5.61. The number of hydrogen-bond acceptors (Lipinski definition) is 6. The molecule has 1 aliphatic rings. The van der Waals surface area contributed by atoms with E-state index < -0.39 is 23.1 Å². The molecule has 2 aromatic heterocycles. The molecule has 1 amide bonds. The maximum absolute atomic E-state index is 13.6. The van der Waals surface area contributed by atoms with Gasteiger partial charge in [0.2, 0.25) is 11.8 Å². The van der Waals surface area contributed by atoms with Gasteiger partial charge in [0, 0.05) is 36.7 Å². The molecule has 0 spiro atoms. The van der Waals surface area contributed by atoms with Crippen molar-refractivity contribution in [1.29, 1.82) is 0 Å². The molecule has 8 nitrogen and oxygen atoms in total. The monoisotopic (exact) mass is 491 g/mol. The molecule has 0 aliphatic carbocycles. The number of amides is 1. The molecule has 0 atom stereocenters. The molecule has 1 N–H and O–H groups in total. The second-order valence-corrected chi connectivity index (χ2v) is 9.37. The van der Waals surface area contributed by atoms with Gasteiger partial charge in [-0.2, -0.15) is 13.2 Å². The lowest BCUT2D eigenvalue weighted by Crippen LogP contribution is -2.38. The third-order valence-corrected chi connectivity index (χ3v) is 5.61. The van der Waals surface area contributed by atoms with Crippen LogP contribution in [0.2, 0.25) is 0 Å². The maximum atomic E-state index is 13.6. The summed E-state index contributed by atoms with van der Waals surface area (Å²) in [5, 5.41) is 6.82. The highest BCUT2D eigenvalue weighted by Gasteiger charge is 2.35. The lowest BCUT2D eigenvalue weighted by Gasteiger charge is -2.26. The van der Waals surface area contributed by atoms with Crippen LogP contribution in [-0.4, -0.2) is 64.9 Å². The van der Waals surface area contributed by atoms with Gasteiger partial charge >= 0.3 is 6.18 Å². The molecule has 0 radical (unpaired) electrons. The van der Waals surface area contributed by atoms with Crippen LogP contribution in [0.1, 0.15) is 26.3 Å². The summed E-state index contributed by atoms with van der Waals surface area (Å²) in [4.78, 5) is 19.1. The summed E-state index contributed by atoms with van der Waals surface area (Å²) < 4.78 is 53.3. The Bertz CT molecular complexity index is 1200. The molecule has 0 saturated carbocycles. The van der Waals surface area contributed by atoms with Crippen LogP contribution >= 0.6 is 0 Å². The molecule has 1 aromatic carbocycles. The number of morpholine rings is 1. The first kappa shape index (κ1) is 24.9. The minimum Gasteiger partial charge on any atom is -0.475 e. The quantitative estimate of drug-likeness (QED) is 0.559. The highest BCUT2D eigenvalue weighted by Crippen LogP contribution is 2.37. The zero-order valence-electron chi connectivity index (χ0n) is 19.9. The van der Waals surface area contributed by atoms with E-state index in [1.54, 1.807) is 39.1 Å². The van der Waals surface area contributed by atoms with E-state index in [4.69, 9.17) is 9.47 Å². The van der Waals surface area contributed by atoms with E-state index in [9.17, 15) is 18.0 Å². The van der Waals surface area contributed by atoms with Crippen LogP contribution in [0.15, 0.2) is 36.5 Å². The third kappa shape index (κ3) is 6.09. The van der Waals surface area contributed by atoms with E-state index in [1.807, 2.05) is 0 Å². The summed E-state index contributed by atoms with van der Waals surface area (Å²) in [6.45, 7) is 9.29. The van der Waals surface area contributed by atoms with E-state index in [2.05, 4.69) is 20.3 Å². The Balaban J connectivity index is 1.54. The van der Waals surface area contributed by atoms with Gasteiger partial charge in [-0.05, 0) is 18.2 Å². The average molecular weight is 492 g/mol. The molecule has 4 rings (SSSR count). The number of aromatic nitrogens is 3. The van der Waals surface area contributed by atoms with Crippen LogP contribution in [0.3, 0.4) is 0 Å². The van der Waals surface area contributed by atoms with Gasteiger partial charge in [0.25, 0.3) is 0 Å². The van der Waals surface area contributed by atoms with E-state index in [0.717, 1.165) is 25.7 Å². The molecule has 11 heteroatoms. The smallest absolute Gasteiger partial charge is 0.418 e. The Hall–Kier alpha value is -3.18. The number of hydrogen-bond donors (Lipinski definition) is 1. The normalized spacial score (nSPS) is 15.4. The molecule has 188 valence electrons. The summed E-state index contributed by atoms with van der Waals surface area (Å²) in [6.07, 6.45) is -3.00. The zero-order valence-corrected chi connectivity index (χ0v) is 19.9. The lowest BCUT2D eigenvalue weighted by molar-refractivity contribution is -0.137. The van der Waals surface area contributed by atoms with Gasteiger partial charge in [-0.15, -0.1) is 5.10 Å². The van der Waals surface area contributed by atoms with Crippen LogP contribution in [0, 0.1) is 5.41 Å². The Labute approximate surface area is 201 Å². The lowest BCUT2D eigenvalue weighted by atomic mass is 9.95. The highest BCUT2D eigenvalue weighted by atomic mass is 19.4. The van der Waals surface area contributed by atoms with Gasteiger partial charge in [-0.3, -0.25) is 9.69 Å². The van der Waals surface area contributed by atoms with Crippen LogP contribution in [0.5, 0.6) is 5.88 Å². The summed E-state index contributed by atoms with van der Waals surface area (Å²) in [5.41, 5.74) is -0.737. The number of benzene rings is 1. The topological polar surface area (TPSA) is 81.0 Å². The summed E-state index contributed by atoms with van der Waals surface area (Å²) >= 11 is 0. The minimum atomic E-state index is -4.62. The zero-order chi connectivity index (χ0) is 25.2. The number of fused-ring (bicyclic) bond motifs is 1. The first-order valence-electron chi connectivity index (χ1n) is 11.3. The van der Waals surface area contributed by atoms with Gasteiger partial charge in [-0.1, -0.05) is 26.8 Å². The fourth-order valence-electron chi connectivity index (χ4n) is 3.55. The van der Waals surface area contributed by atoms with Crippen LogP contribution in [0.4, 0.5) is 18.9 Å². The minimum absolute atomic E-state index is 0.313. The second-order valence-electron chi connectivity index (χ2n) is 9.37. The van der Waals surface area contributed by atoms with Gasteiger partial charge in [0.15, 0.2) is 5.65 Å². The van der Waals surface area contributed by atoms with Crippen LogP contribution < -0.4 is 10.1 Å². The Morgan fingerprint density at radius 3 is 2.57 bits per heavy atom. The maximum Gasteiger partial charge on any atom is 0.418 e. The number of imidazole rings is 1. The van der Waals surface area contributed by atoms with Crippen molar-refractivity contribution in [3.63, 3.8) is 0 Å². The summed E-state index contributed by atoms with van der Waals surface area (Å²) in [6, 6.07) is 7.00. The average Bonchev–Trinajstić information content (AvgIpc) is 3.22. The molecule has 1 saturated heterocycles. The van der Waals surface area contributed by atoms with Crippen LogP contribution in [-0.2, 0) is 15.7 Å². The molecule has 1 fully saturated rings. The first-order chi connectivity index (χ1) is 16.5. The van der Waals surface area contributed by atoms with Gasteiger partial charge in [0.1, 0.15) is 6.61 Å². The van der Waals surface area contributed by atoms with Crippen molar-refractivity contribution in [2.24, 2.45) is 5.41 Å². The van der Waals surface area contributed by atoms with Gasteiger partial charge in [-0.25, -0.2) is 9.50 Å². The van der Waals surface area contributed by atoms with Crippen molar-refractivity contribution >= 4 is 17.2 Å². The number of carbonyl (C=O) groups is 1. The fourth-order valence-corrected chi connectivity index (χ4v) is 3.55. The predicted octanol–water partition coefficient (Wildman–Crippen LogP) is 4.11. The van der Waals surface area contributed by atoms with Crippen LogP contribution in [0.25, 0.3) is 16.9 Å². The number of nitrogens with zero attached hydrogens (tertiary/aromatic N) is 4. The Kier molecular flexibility index (Phi) is 7.00. The fraction of sp³-hybridized carbons (Fsp3) is 0.458. The number of halogens is 3. The number of anilines is 1. The largest absolute Gasteiger partial charge is 0.475 e. The van der Waals surface area contributed by atoms with E-state index >= 15 is 0 Å². The molecular weight excluding hydrogens is 463 g/mol. The van der Waals surface area contributed by atoms with Crippen molar-refractivity contribution in [2.75, 3.05) is 44.8 Å². The molecule has 35 heavy (non-hydrogen) atoms. The molecule has 3 aromatic rings. The Morgan fingerprint density at radius 1 is 1.14 bits per heavy atom. The van der Waals surface area contributed by atoms with Crippen molar-refractivity contribution in [3.8, 4) is 17.1 Å². The first-order valence-corrected chi connectivity index (χ1v) is 11.3. The van der Waals surface area contributed by atoms with Gasteiger partial charge in [0.05, 0.1) is 36.4 Å². The van der Waals surface area contributed by atoms with Crippen molar-refractivity contribution in [2.45, 2.75) is 26.9 Å². The van der Waals surface area contributed by atoms with E-state index in [1.165, 1.54) is 16.6 Å². The number of nitrogens with one attached hydrogen (secondary N) is 1. The molecular formula is C24H28F3N5O3. The Morgan fingerprint density at radius 2 is 1.89 bits per heavy atom. The van der Waals surface area contributed by atoms with Crippen molar-refractivity contribution in [1.82, 2.24) is 19.5 Å². The number of alkyl halides is 3. The molecule has 1 aliphatic heterocycles. The van der Waals surface area contributed by atoms with E-state index in [-0.39, 0.29) is 5.69 Å². The SMILES string of the molecule is CC(C)(C)C(=O)Nc1cc(-c2cn3nc(OCCN4CCOCC4)ccc3n2)ccc1C(F)(F)F. The molecule has 3 heterocycles. The summed E-state index contributed by atoms with van der Waals surface area (Å²) in [7, 11) is 0. The molecule has 0 bridgehead atoms. The van der Waals surface area contributed by atoms with Crippen molar-refractivity contribution < 1.29 is 27.4 Å². The van der Waals surface area contributed by atoms with Crippen molar-refractivity contribution in [3.05, 3.63) is 42.1 Å². The number of rotatable bonds is 6. The number of ether oxygens (including phenoxy) is 2. The van der Waals surface area contributed by atoms with E-state index in [0.29, 0.717) is 42.6 Å². The standard InChI is InChI=1S/C24H28F3N5O3/c1-23(2,3)22(33)29-18-14-16(4-5-17(18)24(25,26)27)19-15-32-20(28-19)6-7-21(30-32)35-13-10-31-8-11-34-12-9-31/h4-7,14-15H,8-13H2,1-3H3,(H,29,33). The van der Waals surface area contributed by atoms with Gasteiger partial charge < -0.3 is 14.8 Å². The predicted molar refractivity (Wildman–Crippen MR) is 124 cm³/mol. The summed E-state index contributed by atoms with van der Waals surface area (Å²) in [5.74, 6) is -0.101. The second kappa shape index (κ2) is 9.82. The number of carbonyl (C=O) groups excluding carboxylic acids is 1. The molecule has 0 unspecified atom stereocenters.